The van der Waals surface area contributed by atoms with E-state index in [0.29, 0.717) is 67.4 Å². The van der Waals surface area contributed by atoms with Crippen LogP contribution in [0.15, 0.2) is 304 Å². The summed E-state index contributed by atoms with van der Waals surface area (Å²) in [5.41, 5.74) is 25.6. The molecule has 15 heteroatoms. The third kappa shape index (κ3) is 14.5. The van der Waals surface area contributed by atoms with Crippen LogP contribution in [0.1, 0.15) is 226 Å². The van der Waals surface area contributed by atoms with Gasteiger partial charge in [0.05, 0.1) is 6.10 Å². The van der Waals surface area contributed by atoms with Gasteiger partial charge in [-0.2, -0.15) is 0 Å². The minimum atomic E-state index is -4.78. The van der Waals surface area contributed by atoms with Gasteiger partial charge in [-0.3, -0.25) is 38.4 Å². The second kappa shape index (κ2) is 32.4. The van der Waals surface area contributed by atoms with Gasteiger partial charge in [0.1, 0.15) is 35.4 Å². The summed E-state index contributed by atoms with van der Waals surface area (Å²) in [5, 5.41) is 0. The van der Waals surface area contributed by atoms with Crippen molar-refractivity contribution in [2.75, 3.05) is 6.61 Å². The van der Waals surface area contributed by atoms with E-state index in [9.17, 15) is 51.5 Å². The molecule has 21 rings (SSSR count). The minimum absolute atomic E-state index is 0.0205. The van der Waals surface area contributed by atoms with E-state index in [2.05, 4.69) is 11.3 Å². The van der Waals surface area contributed by atoms with Crippen molar-refractivity contribution in [2.24, 2.45) is 0 Å². The van der Waals surface area contributed by atoms with Crippen molar-refractivity contribution >= 4 is 68.6 Å². The molecule has 4 atom stereocenters. The monoisotopic (exact) mass is 1590 g/mol. The normalized spacial score (nSPS) is 20.4. The van der Waals surface area contributed by atoms with Crippen LogP contribution in [0, 0.1) is 0 Å². The van der Waals surface area contributed by atoms with Gasteiger partial charge in [0, 0.05) is 116 Å². The molecular formula is C105H85F3O12. The smallest absolute Gasteiger partial charge is 0.491 e. The zero-order valence-corrected chi connectivity index (χ0v) is 66.6. The number of hydrogen-bond acceptors (Lipinski definition) is 12. The largest absolute Gasteiger partial charge is 0.573 e. The molecule has 0 spiro atoms. The Morgan fingerprint density at radius 2 is 0.592 bits per heavy atom. The first-order valence-electron chi connectivity index (χ1n) is 41.5. The summed E-state index contributed by atoms with van der Waals surface area (Å²) in [5.74, 6) is 2.03. The highest BCUT2D eigenvalue weighted by Crippen LogP contribution is 2.58. The van der Waals surface area contributed by atoms with Crippen LogP contribution in [0.5, 0.6) is 28.7 Å². The highest BCUT2D eigenvalue weighted by Gasteiger charge is 2.49. The van der Waals surface area contributed by atoms with Gasteiger partial charge in [-0.15, -0.1) is 13.2 Å². The maximum Gasteiger partial charge on any atom is 0.573 e. The van der Waals surface area contributed by atoms with Crippen molar-refractivity contribution in [3.05, 3.63) is 371 Å². The van der Waals surface area contributed by atoms with Gasteiger partial charge in [-0.1, -0.05) is 199 Å². The highest BCUT2D eigenvalue weighted by atomic mass is 19.4. The lowest BCUT2D eigenvalue weighted by Gasteiger charge is -2.32. The molecule has 12 aliphatic rings. The number of rotatable bonds is 12. The number of benzene rings is 9. The lowest BCUT2D eigenvalue weighted by molar-refractivity contribution is -0.274. The molecule has 0 aromatic heterocycles. The number of alkyl halides is 3. The summed E-state index contributed by atoms with van der Waals surface area (Å²) < 4.78 is 58.9. The van der Waals surface area contributed by atoms with Crippen molar-refractivity contribution in [1.29, 1.82) is 0 Å². The fourth-order valence-electron chi connectivity index (χ4n) is 20.3. The zero-order chi connectivity index (χ0) is 82.8. The number of halogens is 3. The predicted octanol–water partition coefficient (Wildman–Crippen LogP) is 23.5. The van der Waals surface area contributed by atoms with Gasteiger partial charge in [0.25, 0.3) is 0 Å². The molecule has 0 aliphatic heterocycles. The Labute approximate surface area is 693 Å². The lowest BCUT2D eigenvalue weighted by Crippen LogP contribution is -2.25. The van der Waals surface area contributed by atoms with E-state index < -0.39 is 12.3 Å². The highest BCUT2D eigenvalue weighted by molar-refractivity contribution is 6.27. The SMILES string of the molecule is C=CCOc1ccc(C2C3=C(CCCC3=O)CC3=C2C(=O)c2ccccc23)cc1.CC(C)Oc1ccc(C2C3=C(CCCC3=O)CC3=C2C(=O)c2ccccc23)cc1.O=C1CCCC2=C1C(c1ccc(OC(F)(F)F)cc1)C1=C(C2)c2ccccc2C1=O.O=C1CCCC2=C1C(c1ccc(Oc3ccccc3)cc1)C1=C(C2)c2ccccc2C1=O. The maximum atomic E-state index is 13.5. The molecule has 120 heavy (non-hydrogen) atoms. The molecule has 0 fully saturated rings. The quantitative estimate of drug-likeness (QED) is 0.106. The first kappa shape index (κ1) is 78.2. The Kier molecular flexibility index (Phi) is 21.1. The number of fused-ring (bicyclic) bond motifs is 8. The van der Waals surface area contributed by atoms with E-state index in [1.807, 2.05) is 208 Å². The Balaban J connectivity index is 0.000000110. The second-order valence-electron chi connectivity index (χ2n) is 32.7. The van der Waals surface area contributed by atoms with Crippen LogP contribution in [-0.4, -0.2) is 65.3 Å². The number of Topliss-reactive ketones (excluding diaryl/α,β-unsaturated/α-hetero) is 8. The van der Waals surface area contributed by atoms with Crippen LogP contribution in [0.3, 0.4) is 0 Å². The van der Waals surface area contributed by atoms with E-state index in [-0.39, 0.29) is 75.9 Å². The van der Waals surface area contributed by atoms with Gasteiger partial charge in [-0.05, 0) is 218 Å². The molecule has 0 saturated carbocycles. The maximum absolute atomic E-state index is 13.5. The molecule has 12 nitrogen and oxygen atoms in total. The number of para-hydroxylation sites is 1. The fraction of sp³-hybridized carbons (Fsp3) is 0.238. The predicted molar refractivity (Wildman–Crippen MR) is 454 cm³/mol. The summed E-state index contributed by atoms with van der Waals surface area (Å²) >= 11 is 0. The third-order valence-corrected chi connectivity index (χ3v) is 25.2. The topological polar surface area (TPSA) is 173 Å². The van der Waals surface area contributed by atoms with E-state index >= 15 is 0 Å². The molecule has 0 radical (unpaired) electrons. The van der Waals surface area contributed by atoms with E-state index in [1.54, 1.807) is 12.1 Å². The number of carbonyl (C=O) groups is 8. The lowest BCUT2D eigenvalue weighted by atomic mass is 9.69. The number of ketones is 8. The average molecular weight is 1600 g/mol. The number of allylic oxidation sites excluding steroid dienone is 16. The van der Waals surface area contributed by atoms with Gasteiger partial charge in [-0.25, -0.2) is 0 Å². The molecule has 9 aromatic rings. The molecule has 0 heterocycles. The Morgan fingerprint density at radius 3 is 0.883 bits per heavy atom. The molecule has 598 valence electrons. The van der Waals surface area contributed by atoms with Crippen molar-refractivity contribution in [2.45, 2.75) is 153 Å². The summed E-state index contributed by atoms with van der Waals surface area (Å²) in [7, 11) is 0. The second-order valence-corrected chi connectivity index (χ2v) is 32.7. The summed E-state index contributed by atoms with van der Waals surface area (Å²) in [6, 6.07) is 69.7. The first-order chi connectivity index (χ1) is 58.3. The fourth-order valence-corrected chi connectivity index (χ4v) is 20.3. The van der Waals surface area contributed by atoms with Crippen LogP contribution < -0.4 is 18.9 Å². The van der Waals surface area contributed by atoms with Crippen LogP contribution in [0.4, 0.5) is 13.2 Å². The molecule has 0 bridgehead atoms. The van der Waals surface area contributed by atoms with Crippen molar-refractivity contribution in [3.8, 4) is 28.7 Å². The third-order valence-electron chi connectivity index (χ3n) is 25.2. The molecule has 0 N–H and O–H groups in total. The minimum Gasteiger partial charge on any atom is -0.491 e. The van der Waals surface area contributed by atoms with Crippen LogP contribution in [0.25, 0.3) is 22.3 Å². The van der Waals surface area contributed by atoms with Gasteiger partial charge < -0.3 is 18.9 Å². The molecular weight excluding hydrogens is 1510 g/mol. The number of carbonyl (C=O) groups excluding carboxylic acids is 8. The Hall–Kier alpha value is -13.0. The van der Waals surface area contributed by atoms with Crippen molar-refractivity contribution in [3.63, 3.8) is 0 Å². The van der Waals surface area contributed by atoms with Gasteiger partial charge in [0.2, 0.25) is 0 Å². The molecule has 4 unspecified atom stereocenters. The van der Waals surface area contributed by atoms with Gasteiger partial charge in [0.15, 0.2) is 46.3 Å². The average Bonchev–Trinajstić information content (AvgIpc) is 1.69. The first-order valence-corrected chi connectivity index (χ1v) is 41.5. The summed E-state index contributed by atoms with van der Waals surface area (Å²) in [6.07, 6.45) is 8.98. The van der Waals surface area contributed by atoms with Crippen LogP contribution in [0.2, 0.25) is 0 Å². The van der Waals surface area contributed by atoms with E-state index in [0.717, 1.165) is 204 Å². The number of hydrogen-bond donors (Lipinski definition) is 0. The summed E-state index contributed by atoms with van der Waals surface area (Å²) in [6.45, 7) is 8.11. The standard InChI is InChI=1S/C29H22O3.C26H24O3.C26H22O3.C24H17F3O3/c30-25-12-6-7-19-17-24-22-10-4-5-11-23(22)29(31)28(24)27(26(19)25)18-13-15-21(16-14-18)32-20-8-2-1-3-9-20;1-15(2)29-18-12-10-16(11-13-18)24-23-17(6-5-9-22(23)27)14-21-19-7-3-4-8-20(19)26(28)25(21)24;1-2-14-29-18-12-10-16(11-13-18)24-23-17(6-5-9-22(23)27)15-21-19-7-3-4-8-20(19)26(28)25(21)24;25-24(26,27)30-15-10-8-13(9-11-15)21-20-14(4-3-7-19(20)28)12-18-16-5-1-2-6-17(16)23(29)22(18)21/h1-5,8-11,13-16,27H,6-7,12,17H2;3-4,7-8,10-13,15,24H,5-6,9,14H2,1-2H3;2-4,7-8,10-13,24H,1,5-6,9,14-15H2;1-2,5-6,8-11,21H,3-4,7,12H2. The summed E-state index contributed by atoms with van der Waals surface area (Å²) in [4.78, 5) is 105. The van der Waals surface area contributed by atoms with Crippen molar-refractivity contribution < 1.29 is 70.5 Å². The molecule has 12 aliphatic carbocycles. The van der Waals surface area contributed by atoms with E-state index in [1.165, 1.54) is 41.0 Å². The van der Waals surface area contributed by atoms with Crippen molar-refractivity contribution in [1.82, 2.24) is 0 Å². The van der Waals surface area contributed by atoms with E-state index in [4.69, 9.17) is 14.2 Å². The molecule has 0 saturated heterocycles. The molecule has 9 aromatic carbocycles. The van der Waals surface area contributed by atoms with Crippen LogP contribution in [-0.2, 0) is 19.2 Å². The number of ether oxygens (including phenoxy) is 4. The zero-order valence-electron chi connectivity index (χ0n) is 66.6. The Bertz CT molecular complexity index is 6130. The van der Waals surface area contributed by atoms with Crippen LogP contribution >= 0.6 is 0 Å². The van der Waals surface area contributed by atoms with Gasteiger partial charge >= 0.3 is 6.36 Å². The Morgan fingerprint density at radius 1 is 0.325 bits per heavy atom. The molecule has 0 amide bonds.